The van der Waals surface area contributed by atoms with Gasteiger partial charge in [0.05, 0.1) is 12.6 Å². The summed E-state index contributed by atoms with van der Waals surface area (Å²) in [6.45, 7) is 6.08. The zero-order valence-electron chi connectivity index (χ0n) is 10.6. The van der Waals surface area contributed by atoms with Crippen molar-refractivity contribution in [3.8, 4) is 0 Å². The van der Waals surface area contributed by atoms with Gasteiger partial charge in [0, 0.05) is 12.5 Å². The molecular weight excluding hydrogens is 220 g/mol. The first kappa shape index (κ1) is 13.7. The monoisotopic (exact) mass is 240 g/mol. The number of rotatable bonds is 4. The Kier molecular flexibility index (Phi) is 4.66. The molecule has 5 heteroatoms. The van der Waals surface area contributed by atoms with E-state index in [0.717, 1.165) is 12.7 Å². The van der Waals surface area contributed by atoms with Crippen LogP contribution in [0.4, 0.5) is 0 Å². The molecule has 0 aliphatic carbocycles. The molecule has 0 bridgehead atoms. The van der Waals surface area contributed by atoms with E-state index in [2.05, 4.69) is 5.32 Å². The minimum atomic E-state index is -0.335. The molecule has 0 aromatic carbocycles. The molecule has 1 heterocycles. The van der Waals surface area contributed by atoms with Gasteiger partial charge in [0.15, 0.2) is 0 Å². The average Bonchev–Trinajstić information content (AvgIpc) is 2.66. The second-order valence-corrected chi connectivity index (χ2v) is 4.85. The van der Waals surface area contributed by atoms with Gasteiger partial charge in [-0.2, -0.15) is 0 Å². The molecule has 17 heavy (non-hydrogen) atoms. The fraction of sp³-hybridized carbons (Fsp3) is 0.750. The molecule has 1 rings (SSSR count). The number of aldehydes is 1. The maximum atomic E-state index is 11.8. The molecule has 1 aliphatic heterocycles. The van der Waals surface area contributed by atoms with Gasteiger partial charge in [-0.1, -0.05) is 20.8 Å². The van der Waals surface area contributed by atoms with Crippen LogP contribution >= 0.6 is 0 Å². The van der Waals surface area contributed by atoms with E-state index < -0.39 is 0 Å². The van der Waals surface area contributed by atoms with Gasteiger partial charge in [-0.15, -0.1) is 0 Å². The van der Waals surface area contributed by atoms with Gasteiger partial charge in [0.1, 0.15) is 6.29 Å². The van der Waals surface area contributed by atoms with Crippen molar-refractivity contribution in [1.29, 1.82) is 0 Å². The van der Waals surface area contributed by atoms with E-state index in [1.807, 2.05) is 6.92 Å². The molecule has 1 N–H and O–H groups in total. The first-order valence-electron chi connectivity index (χ1n) is 5.99. The maximum absolute atomic E-state index is 11.8. The topological polar surface area (TPSA) is 66.5 Å². The third-order valence-electron chi connectivity index (χ3n) is 3.17. The highest BCUT2D eigenvalue weighted by atomic mass is 16.2. The van der Waals surface area contributed by atoms with Crippen LogP contribution in [0.3, 0.4) is 0 Å². The Bertz CT molecular complexity index is 315. The fourth-order valence-corrected chi connectivity index (χ4v) is 1.94. The van der Waals surface area contributed by atoms with Crippen molar-refractivity contribution in [2.75, 3.05) is 13.1 Å². The summed E-state index contributed by atoms with van der Waals surface area (Å²) in [6.07, 6.45) is 1.66. The molecule has 1 saturated heterocycles. The van der Waals surface area contributed by atoms with Crippen LogP contribution in [-0.4, -0.2) is 42.1 Å². The summed E-state index contributed by atoms with van der Waals surface area (Å²) < 4.78 is 0. The number of nitrogens with one attached hydrogen (secondary N) is 1. The van der Waals surface area contributed by atoms with Crippen molar-refractivity contribution in [1.82, 2.24) is 10.2 Å². The summed E-state index contributed by atoms with van der Waals surface area (Å²) >= 11 is 0. The second kappa shape index (κ2) is 5.80. The molecule has 0 radical (unpaired) electrons. The van der Waals surface area contributed by atoms with Crippen LogP contribution in [0.1, 0.15) is 27.2 Å². The lowest BCUT2D eigenvalue weighted by atomic mass is 10.0. The summed E-state index contributed by atoms with van der Waals surface area (Å²) in [7, 11) is 0. The van der Waals surface area contributed by atoms with Crippen molar-refractivity contribution >= 4 is 18.1 Å². The zero-order chi connectivity index (χ0) is 13.0. The molecule has 0 aromatic rings. The lowest BCUT2D eigenvalue weighted by molar-refractivity contribution is -0.136. The van der Waals surface area contributed by atoms with Crippen LogP contribution in [-0.2, 0) is 14.4 Å². The van der Waals surface area contributed by atoms with Crippen LogP contribution in [0.15, 0.2) is 0 Å². The third-order valence-corrected chi connectivity index (χ3v) is 3.17. The van der Waals surface area contributed by atoms with Crippen LogP contribution in [0.5, 0.6) is 0 Å². The molecule has 1 aliphatic rings. The van der Waals surface area contributed by atoms with E-state index in [4.69, 9.17) is 0 Å². The Morgan fingerprint density at radius 2 is 2.12 bits per heavy atom. The number of amides is 2. The van der Waals surface area contributed by atoms with E-state index in [-0.39, 0.29) is 36.2 Å². The van der Waals surface area contributed by atoms with Gasteiger partial charge in [-0.25, -0.2) is 0 Å². The molecule has 0 aromatic heterocycles. The number of carbonyl (C=O) groups is 3. The van der Waals surface area contributed by atoms with Crippen molar-refractivity contribution in [2.24, 2.45) is 11.8 Å². The predicted octanol–water partition coefficient (Wildman–Crippen LogP) is 0.194. The Hall–Kier alpha value is -1.39. The van der Waals surface area contributed by atoms with Gasteiger partial charge >= 0.3 is 0 Å². The summed E-state index contributed by atoms with van der Waals surface area (Å²) in [5.41, 5.74) is 0. The van der Waals surface area contributed by atoms with Crippen molar-refractivity contribution < 1.29 is 14.4 Å². The van der Waals surface area contributed by atoms with E-state index in [9.17, 15) is 14.4 Å². The standard InChI is InChI=1S/C12H20N2O3/c1-8(2)12(17)13-6-11(16)14-5-4-9(3)10(14)7-15/h7-10H,4-6H2,1-3H3,(H,13,17). The van der Waals surface area contributed by atoms with Crippen molar-refractivity contribution in [3.05, 3.63) is 0 Å². The van der Waals surface area contributed by atoms with E-state index in [0.29, 0.717) is 6.54 Å². The quantitative estimate of drug-likeness (QED) is 0.714. The second-order valence-electron chi connectivity index (χ2n) is 4.85. The third kappa shape index (κ3) is 3.28. The van der Waals surface area contributed by atoms with Crippen LogP contribution in [0.2, 0.25) is 0 Å². The highest BCUT2D eigenvalue weighted by Gasteiger charge is 2.33. The Morgan fingerprint density at radius 3 is 2.65 bits per heavy atom. The molecule has 5 nitrogen and oxygen atoms in total. The molecule has 0 spiro atoms. The van der Waals surface area contributed by atoms with Crippen molar-refractivity contribution in [3.63, 3.8) is 0 Å². The fourth-order valence-electron chi connectivity index (χ4n) is 1.94. The van der Waals surface area contributed by atoms with E-state index >= 15 is 0 Å². The lowest BCUT2D eigenvalue weighted by Gasteiger charge is -2.22. The van der Waals surface area contributed by atoms with Crippen LogP contribution < -0.4 is 5.32 Å². The van der Waals surface area contributed by atoms with Gasteiger partial charge in [-0.3, -0.25) is 9.59 Å². The van der Waals surface area contributed by atoms with Crippen molar-refractivity contribution in [2.45, 2.75) is 33.2 Å². The van der Waals surface area contributed by atoms with E-state index in [1.165, 1.54) is 0 Å². The minimum absolute atomic E-state index is 0.0198. The normalized spacial score (nSPS) is 23.9. The predicted molar refractivity (Wildman–Crippen MR) is 63.2 cm³/mol. The molecule has 2 unspecified atom stereocenters. The average molecular weight is 240 g/mol. The summed E-state index contributed by atoms with van der Waals surface area (Å²) in [4.78, 5) is 35.6. The largest absolute Gasteiger partial charge is 0.347 e. The minimum Gasteiger partial charge on any atom is -0.347 e. The van der Waals surface area contributed by atoms with Crippen LogP contribution in [0, 0.1) is 11.8 Å². The lowest BCUT2D eigenvalue weighted by Crippen LogP contribution is -2.44. The first-order chi connectivity index (χ1) is 7.97. The van der Waals surface area contributed by atoms with Gasteiger partial charge in [-0.05, 0) is 12.3 Å². The van der Waals surface area contributed by atoms with Crippen LogP contribution in [0.25, 0.3) is 0 Å². The van der Waals surface area contributed by atoms with Gasteiger partial charge in [0.25, 0.3) is 0 Å². The zero-order valence-corrected chi connectivity index (χ0v) is 10.6. The molecule has 96 valence electrons. The highest BCUT2D eigenvalue weighted by Crippen LogP contribution is 2.22. The van der Waals surface area contributed by atoms with Gasteiger partial charge < -0.3 is 15.0 Å². The molecule has 1 fully saturated rings. The SMILES string of the molecule is CC(C)C(=O)NCC(=O)N1CCC(C)C1C=O. The molecule has 0 saturated carbocycles. The number of carbonyl (C=O) groups excluding carboxylic acids is 3. The smallest absolute Gasteiger partial charge is 0.242 e. The van der Waals surface area contributed by atoms with Gasteiger partial charge in [0.2, 0.25) is 11.8 Å². The van der Waals surface area contributed by atoms with E-state index in [1.54, 1.807) is 18.7 Å². The summed E-state index contributed by atoms with van der Waals surface area (Å²) in [5, 5.41) is 2.57. The number of hydrogen-bond donors (Lipinski definition) is 1. The number of likely N-dealkylation sites (tertiary alicyclic amines) is 1. The molecule has 2 atom stereocenters. The maximum Gasteiger partial charge on any atom is 0.242 e. The Labute approximate surface area is 102 Å². The Morgan fingerprint density at radius 1 is 1.47 bits per heavy atom. The highest BCUT2D eigenvalue weighted by molar-refractivity contribution is 5.87. The molecular formula is C12H20N2O3. The first-order valence-corrected chi connectivity index (χ1v) is 5.99. The number of hydrogen-bond acceptors (Lipinski definition) is 3. The summed E-state index contributed by atoms with van der Waals surface area (Å²) in [5.74, 6) is -0.256. The summed E-state index contributed by atoms with van der Waals surface area (Å²) in [6, 6.07) is -0.335. The Balaban J connectivity index is 2.48. The molecule has 2 amide bonds. The number of nitrogens with zero attached hydrogens (tertiary/aromatic N) is 1.